The molecule has 0 aromatic carbocycles. The predicted molar refractivity (Wildman–Crippen MR) is 267 cm³/mol. The summed E-state index contributed by atoms with van der Waals surface area (Å²) < 4.78 is 33.9. The van der Waals surface area contributed by atoms with Gasteiger partial charge in [-0.1, -0.05) is 160 Å². The number of allylic oxidation sites excluding steroid dienone is 22. The second kappa shape index (κ2) is 44.4. The van der Waals surface area contributed by atoms with E-state index in [4.69, 9.17) is 18.5 Å². The van der Waals surface area contributed by atoms with Crippen LogP contribution in [0.5, 0.6) is 0 Å². The molecule has 0 saturated heterocycles. The SMILES string of the molecule is CC/C=C\C/C=C\C/C=C\C/C=C\C/C=C\C/C=C\CCCCCCC(=O)OC(COC(=O)CCC/C=C\C/C=C\C/C=C\C/C=C\C/C=C\CC)COP(=O)([O-])OCC[N+](C)(C)C. The van der Waals surface area contributed by atoms with Gasteiger partial charge in [0.15, 0.2) is 6.10 Å². The highest BCUT2D eigenvalue weighted by atomic mass is 31.2. The molecule has 0 aliphatic rings. The van der Waals surface area contributed by atoms with Crippen LogP contribution in [0, 0.1) is 0 Å². The maximum atomic E-state index is 12.7. The average molecular weight is 908 g/mol. The number of hydrogen-bond acceptors (Lipinski definition) is 8. The molecule has 0 saturated carbocycles. The van der Waals surface area contributed by atoms with Crippen molar-refractivity contribution >= 4 is 19.8 Å². The van der Waals surface area contributed by atoms with E-state index in [-0.39, 0.29) is 26.1 Å². The van der Waals surface area contributed by atoms with E-state index in [2.05, 4.69) is 141 Å². The Bertz CT molecular complexity index is 1540. The highest BCUT2D eigenvalue weighted by Crippen LogP contribution is 2.38. The molecule has 0 aliphatic heterocycles. The number of nitrogens with zero attached hydrogens (tertiary/aromatic N) is 1. The largest absolute Gasteiger partial charge is 0.756 e. The van der Waals surface area contributed by atoms with Crippen LogP contribution in [0.1, 0.15) is 142 Å². The third kappa shape index (κ3) is 47.6. The van der Waals surface area contributed by atoms with Crippen LogP contribution in [0.4, 0.5) is 0 Å². The summed E-state index contributed by atoms with van der Waals surface area (Å²) >= 11 is 0. The number of hydrogen-bond donors (Lipinski definition) is 0. The van der Waals surface area contributed by atoms with Crippen molar-refractivity contribution < 1.29 is 42.1 Å². The lowest BCUT2D eigenvalue weighted by molar-refractivity contribution is -0.870. The third-order valence-corrected chi connectivity index (χ3v) is 10.1. The Morgan fingerprint density at radius 1 is 0.484 bits per heavy atom. The quantitative estimate of drug-likeness (QED) is 0.0196. The van der Waals surface area contributed by atoms with Crippen molar-refractivity contribution in [2.45, 2.75) is 148 Å². The summed E-state index contributed by atoms with van der Waals surface area (Å²) in [5.41, 5.74) is 0. The van der Waals surface area contributed by atoms with Crippen LogP contribution < -0.4 is 4.89 Å². The summed E-state index contributed by atoms with van der Waals surface area (Å²) in [5.74, 6) is -0.948. The maximum absolute atomic E-state index is 12.7. The molecule has 2 unspecified atom stereocenters. The molecule has 0 heterocycles. The first kappa shape index (κ1) is 60.2. The number of phosphoric ester groups is 1. The molecular weight excluding hydrogens is 822 g/mol. The minimum Gasteiger partial charge on any atom is -0.756 e. The number of carbonyl (C=O) groups is 2. The van der Waals surface area contributed by atoms with E-state index in [1.807, 2.05) is 27.2 Å². The van der Waals surface area contributed by atoms with Crippen LogP contribution in [0.15, 0.2) is 134 Å². The summed E-state index contributed by atoms with van der Waals surface area (Å²) in [4.78, 5) is 37.6. The van der Waals surface area contributed by atoms with E-state index < -0.39 is 32.5 Å². The fourth-order valence-electron chi connectivity index (χ4n) is 5.51. The molecule has 0 radical (unpaired) electrons. The van der Waals surface area contributed by atoms with Crippen molar-refractivity contribution in [2.24, 2.45) is 0 Å². The predicted octanol–water partition coefficient (Wildman–Crippen LogP) is 13.6. The van der Waals surface area contributed by atoms with Gasteiger partial charge in [0.2, 0.25) is 0 Å². The molecule has 0 bridgehead atoms. The van der Waals surface area contributed by atoms with Gasteiger partial charge >= 0.3 is 11.9 Å². The maximum Gasteiger partial charge on any atom is 0.306 e. The van der Waals surface area contributed by atoms with Crippen molar-refractivity contribution in [3.05, 3.63) is 134 Å². The van der Waals surface area contributed by atoms with Crippen molar-refractivity contribution in [1.29, 1.82) is 0 Å². The van der Waals surface area contributed by atoms with Crippen molar-refractivity contribution in [1.82, 2.24) is 0 Å². The van der Waals surface area contributed by atoms with Crippen LogP contribution in [-0.4, -0.2) is 70.0 Å². The Kier molecular flexibility index (Phi) is 41.7. The lowest BCUT2D eigenvalue weighted by Gasteiger charge is -2.28. The first-order valence-corrected chi connectivity index (χ1v) is 25.4. The number of carbonyl (C=O) groups excluding carboxylic acids is 2. The Balaban J connectivity index is 4.48. The van der Waals surface area contributed by atoms with Gasteiger partial charge in [-0.2, -0.15) is 0 Å². The van der Waals surface area contributed by atoms with Crippen LogP contribution >= 0.6 is 7.82 Å². The molecule has 0 aliphatic carbocycles. The zero-order valence-electron chi connectivity index (χ0n) is 40.4. The molecule has 10 heteroatoms. The van der Waals surface area contributed by atoms with Crippen LogP contribution in [0.3, 0.4) is 0 Å². The van der Waals surface area contributed by atoms with Gasteiger partial charge in [-0.05, 0) is 103 Å². The Morgan fingerprint density at radius 2 is 0.859 bits per heavy atom. The summed E-state index contributed by atoms with van der Waals surface area (Å²) in [6, 6.07) is 0. The fourth-order valence-corrected chi connectivity index (χ4v) is 6.24. The normalized spacial score (nSPS) is 14.7. The van der Waals surface area contributed by atoms with Gasteiger partial charge in [-0.3, -0.25) is 14.2 Å². The van der Waals surface area contributed by atoms with Crippen molar-refractivity contribution in [2.75, 3.05) is 47.5 Å². The zero-order chi connectivity index (χ0) is 47.1. The first-order chi connectivity index (χ1) is 31.0. The number of phosphoric acid groups is 1. The van der Waals surface area contributed by atoms with Crippen LogP contribution in [0.25, 0.3) is 0 Å². The van der Waals surface area contributed by atoms with E-state index in [0.29, 0.717) is 23.9 Å². The number of likely N-dealkylation sites (N-methyl/N-ethyl adjacent to an activating group) is 1. The minimum absolute atomic E-state index is 0.0539. The highest BCUT2D eigenvalue weighted by Gasteiger charge is 2.21. The van der Waals surface area contributed by atoms with E-state index in [9.17, 15) is 19.0 Å². The highest BCUT2D eigenvalue weighted by molar-refractivity contribution is 7.45. The van der Waals surface area contributed by atoms with Gasteiger partial charge in [-0.25, -0.2) is 0 Å². The lowest BCUT2D eigenvalue weighted by Crippen LogP contribution is -2.37. The Labute approximate surface area is 390 Å². The molecule has 0 fully saturated rings. The number of quaternary nitrogens is 1. The molecule has 9 nitrogen and oxygen atoms in total. The first-order valence-electron chi connectivity index (χ1n) is 23.9. The fraction of sp³-hybridized carbons (Fsp3) is 0.556. The number of rotatable bonds is 41. The summed E-state index contributed by atoms with van der Waals surface area (Å²) in [7, 11) is 1.09. The van der Waals surface area contributed by atoms with Gasteiger partial charge in [-0.15, -0.1) is 0 Å². The topological polar surface area (TPSA) is 111 Å². The van der Waals surface area contributed by atoms with E-state index in [1.54, 1.807) is 0 Å². The van der Waals surface area contributed by atoms with Gasteiger partial charge in [0.25, 0.3) is 7.82 Å². The molecule has 64 heavy (non-hydrogen) atoms. The second-order valence-corrected chi connectivity index (χ2v) is 17.8. The number of ether oxygens (including phenoxy) is 2. The van der Waals surface area contributed by atoms with Gasteiger partial charge in [0.05, 0.1) is 27.7 Å². The zero-order valence-corrected chi connectivity index (χ0v) is 41.3. The Morgan fingerprint density at radius 3 is 1.28 bits per heavy atom. The Hall–Kier alpha value is -3.85. The molecule has 0 aromatic rings. The number of esters is 2. The van der Waals surface area contributed by atoms with Gasteiger partial charge in [0.1, 0.15) is 19.8 Å². The number of unbranched alkanes of at least 4 members (excludes halogenated alkanes) is 5. The summed E-state index contributed by atoms with van der Waals surface area (Å²) in [6.45, 7) is 3.87. The molecule has 0 rings (SSSR count). The molecule has 360 valence electrons. The van der Waals surface area contributed by atoms with Gasteiger partial charge < -0.3 is 27.9 Å². The van der Waals surface area contributed by atoms with E-state index >= 15 is 0 Å². The lowest BCUT2D eigenvalue weighted by atomic mass is 10.1. The van der Waals surface area contributed by atoms with Crippen molar-refractivity contribution in [3.63, 3.8) is 0 Å². The molecule has 2 atom stereocenters. The summed E-state index contributed by atoms with van der Waals surface area (Å²) in [5, 5.41) is 0. The third-order valence-electron chi connectivity index (χ3n) is 9.17. The standard InChI is InChI=1S/C54H86NO8P/c1-6-8-10-12-14-16-18-20-22-24-25-26-27-28-29-31-33-35-37-39-41-43-45-47-54(57)63-52(51-62-64(58,59)61-49-48-55(3,4)5)50-60-53(56)46-44-42-40-38-36-34-32-30-23-21-19-17-15-13-11-9-7-2/h8-11,14-17,20-23,25-26,28-29,32-35,38,40,52H,6-7,12-13,18-19,24,27,30-31,36-37,39,41-51H2,1-5H3/b10-8-,11-9-,16-14-,17-15-,22-20-,23-21-,26-25-,29-28-,34-32-,35-33-,40-38-. The molecule has 0 N–H and O–H groups in total. The molecular formula is C54H86NO8P. The average Bonchev–Trinajstić information content (AvgIpc) is 3.25. The molecule has 0 aromatic heterocycles. The summed E-state index contributed by atoms with van der Waals surface area (Å²) in [6.07, 6.45) is 63.5. The molecule has 0 amide bonds. The van der Waals surface area contributed by atoms with E-state index in [1.165, 1.54) is 0 Å². The van der Waals surface area contributed by atoms with E-state index in [0.717, 1.165) is 103 Å². The minimum atomic E-state index is -4.66. The smallest absolute Gasteiger partial charge is 0.306 e. The second-order valence-electron chi connectivity index (χ2n) is 16.4. The van der Waals surface area contributed by atoms with Crippen LogP contribution in [-0.2, 0) is 32.7 Å². The van der Waals surface area contributed by atoms with Crippen LogP contribution in [0.2, 0.25) is 0 Å². The van der Waals surface area contributed by atoms with Crippen molar-refractivity contribution in [3.8, 4) is 0 Å². The van der Waals surface area contributed by atoms with Gasteiger partial charge in [0, 0.05) is 12.8 Å². The monoisotopic (exact) mass is 908 g/mol. The molecule has 0 spiro atoms.